The molecule has 1 heterocycles. The fraction of sp³-hybridized carbons (Fsp3) is 0.467. The number of carbonyl (C=O) groups excluding carboxylic acids is 1. The van der Waals surface area contributed by atoms with E-state index in [-0.39, 0.29) is 24.2 Å². The predicted octanol–water partition coefficient (Wildman–Crippen LogP) is 2.75. The van der Waals surface area contributed by atoms with Crippen molar-refractivity contribution in [2.24, 2.45) is 5.92 Å². The lowest BCUT2D eigenvalue weighted by molar-refractivity contribution is 0.0969. The van der Waals surface area contributed by atoms with Gasteiger partial charge in [0.05, 0.1) is 24.7 Å². The SMILES string of the molecule is COc1cc2c(cc1C(=O)CC(C)C#N)OC(C)C2. The van der Waals surface area contributed by atoms with Crippen LogP contribution in [-0.2, 0) is 6.42 Å². The van der Waals surface area contributed by atoms with Gasteiger partial charge in [0, 0.05) is 18.4 Å². The molecule has 0 spiro atoms. The summed E-state index contributed by atoms with van der Waals surface area (Å²) in [6.45, 7) is 3.72. The van der Waals surface area contributed by atoms with Crippen molar-refractivity contribution < 1.29 is 14.3 Å². The Bertz CT molecular complexity index is 545. The van der Waals surface area contributed by atoms with Gasteiger partial charge in [0.1, 0.15) is 17.6 Å². The van der Waals surface area contributed by atoms with E-state index in [0.29, 0.717) is 11.3 Å². The fourth-order valence-electron chi connectivity index (χ4n) is 2.26. The van der Waals surface area contributed by atoms with E-state index in [1.54, 1.807) is 20.1 Å². The van der Waals surface area contributed by atoms with Gasteiger partial charge in [0.2, 0.25) is 0 Å². The van der Waals surface area contributed by atoms with Crippen LogP contribution < -0.4 is 9.47 Å². The number of hydrogen-bond acceptors (Lipinski definition) is 4. The minimum absolute atomic E-state index is 0.0862. The molecular formula is C15H17NO3. The molecule has 0 radical (unpaired) electrons. The summed E-state index contributed by atoms with van der Waals surface area (Å²) in [5.74, 6) is 0.926. The van der Waals surface area contributed by atoms with Gasteiger partial charge >= 0.3 is 0 Å². The van der Waals surface area contributed by atoms with E-state index in [1.807, 2.05) is 13.0 Å². The number of hydrogen-bond donors (Lipinski definition) is 0. The Balaban J connectivity index is 2.33. The molecule has 1 aromatic carbocycles. The van der Waals surface area contributed by atoms with Gasteiger partial charge < -0.3 is 9.47 Å². The summed E-state index contributed by atoms with van der Waals surface area (Å²) in [4.78, 5) is 12.2. The van der Waals surface area contributed by atoms with Crippen molar-refractivity contribution >= 4 is 5.78 Å². The van der Waals surface area contributed by atoms with Gasteiger partial charge in [-0.05, 0) is 26.0 Å². The summed E-state index contributed by atoms with van der Waals surface area (Å²) in [6.07, 6.45) is 1.15. The molecule has 2 unspecified atom stereocenters. The zero-order chi connectivity index (χ0) is 14.0. The molecule has 0 fully saturated rings. The van der Waals surface area contributed by atoms with Gasteiger partial charge in [-0.1, -0.05) is 0 Å². The van der Waals surface area contributed by atoms with Gasteiger partial charge in [-0.3, -0.25) is 4.79 Å². The van der Waals surface area contributed by atoms with Crippen molar-refractivity contribution in [1.82, 2.24) is 0 Å². The first-order valence-corrected chi connectivity index (χ1v) is 6.35. The second-order valence-electron chi connectivity index (χ2n) is 4.95. The number of ketones is 1. The zero-order valence-corrected chi connectivity index (χ0v) is 11.4. The molecule has 1 aromatic rings. The van der Waals surface area contributed by atoms with Gasteiger partial charge in [-0.25, -0.2) is 0 Å². The topological polar surface area (TPSA) is 59.3 Å². The van der Waals surface area contributed by atoms with Crippen LogP contribution in [0, 0.1) is 17.2 Å². The van der Waals surface area contributed by atoms with Crippen LogP contribution in [0.15, 0.2) is 12.1 Å². The lowest BCUT2D eigenvalue weighted by Gasteiger charge is -2.10. The number of Topliss-reactive ketones (excluding diaryl/α,β-unsaturated/α-hetero) is 1. The Morgan fingerprint density at radius 3 is 3.00 bits per heavy atom. The lowest BCUT2D eigenvalue weighted by atomic mass is 9.98. The van der Waals surface area contributed by atoms with Crippen molar-refractivity contribution in [2.75, 3.05) is 7.11 Å². The van der Waals surface area contributed by atoms with Crippen LogP contribution in [0.25, 0.3) is 0 Å². The van der Waals surface area contributed by atoms with Crippen molar-refractivity contribution in [3.63, 3.8) is 0 Å². The summed E-state index contributed by atoms with van der Waals surface area (Å²) in [5.41, 5.74) is 1.56. The van der Waals surface area contributed by atoms with Crippen LogP contribution >= 0.6 is 0 Å². The van der Waals surface area contributed by atoms with Crippen molar-refractivity contribution in [3.05, 3.63) is 23.3 Å². The third-order valence-corrected chi connectivity index (χ3v) is 3.23. The second kappa shape index (κ2) is 5.31. The Hall–Kier alpha value is -2.02. The molecule has 19 heavy (non-hydrogen) atoms. The first kappa shape index (κ1) is 13.4. The number of ether oxygens (including phenoxy) is 2. The molecule has 1 aliphatic heterocycles. The quantitative estimate of drug-likeness (QED) is 0.780. The normalized spacial score (nSPS) is 18.1. The molecule has 1 aliphatic rings. The maximum absolute atomic E-state index is 12.2. The molecule has 0 aromatic heterocycles. The highest BCUT2D eigenvalue weighted by atomic mass is 16.5. The Kier molecular flexibility index (Phi) is 3.75. The first-order chi connectivity index (χ1) is 9.05. The number of nitrogens with zero attached hydrogens (tertiary/aromatic N) is 1. The molecular weight excluding hydrogens is 242 g/mol. The van der Waals surface area contributed by atoms with Crippen LogP contribution in [-0.4, -0.2) is 19.0 Å². The van der Waals surface area contributed by atoms with E-state index in [4.69, 9.17) is 14.7 Å². The Labute approximate surface area is 112 Å². The predicted molar refractivity (Wildman–Crippen MR) is 70.5 cm³/mol. The maximum atomic E-state index is 12.2. The summed E-state index contributed by atoms with van der Waals surface area (Å²) in [6, 6.07) is 5.67. The maximum Gasteiger partial charge on any atom is 0.168 e. The Morgan fingerprint density at radius 1 is 1.63 bits per heavy atom. The number of nitriles is 1. The highest BCUT2D eigenvalue weighted by Crippen LogP contribution is 2.35. The van der Waals surface area contributed by atoms with E-state index in [1.165, 1.54) is 0 Å². The summed E-state index contributed by atoms with van der Waals surface area (Å²) < 4.78 is 10.9. The van der Waals surface area contributed by atoms with Crippen molar-refractivity contribution in [3.8, 4) is 17.6 Å². The number of carbonyl (C=O) groups is 1. The van der Waals surface area contributed by atoms with E-state index in [9.17, 15) is 4.79 Å². The fourth-order valence-corrected chi connectivity index (χ4v) is 2.26. The molecule has 0 saturated carbocycles. The van der Waals surface area contributed by atoms with E-state index >= 15 is 0 Å². The van der Waals surface area contributed by atoms with Crippen molar-refractivity contribution in [1.29, 1.82) is 5.26 Å². The van der Waals surface area contributed by atoms with E-state index in [2.05, 4.69) is 6.07 Å². The molecule has 2 atom stereocenters. The molecule has 0 saturated heterocycles. The third kappa shape index (κ3) is 2.70. The monoisotopic (exact) mass is 259 g/mol. The largest absolute Gasteiger partial charge is 0.496 e. The van der Waals surface area contributed by atoms with Crippen LogP contribution in [0.5, 0.6) is 11.5 Å². The van der Waals surface area contributed by atoms with Gasteiger partial charge in [-0.2, -0.15) is 5.26 Å². The summed E-state index contributed by atoms with van der Waals surface area (Å²) >= 11 is 0. The summed E-state index contributed by atoms with van der Waals surface area (Å²) in [7, 11) is 1.55. The minimum atomic E-state index is -0.301. The highest BCUT2D eigenvalue weighted by Gasteiger charge is 2.24. The lowest BCUT2D eigenvalue weighted by Crippen LogP contribution is -2.07. The molecule has 100 valence electrons. The van der Waals surface area contributed by atoms with Crippen LogP contribution in [0.2, 0.25) is 0 Å². The number of methoxy groups -OCH3 is 1. The van der Waals surface area contributed by atoms with Crippen LogP contribution in [0.4, 0.5) is 0 Å². The second-order valence-corrected chi connectivity index (χ2v) is 4.95. The summed E-state index contributed by atoms with van der Waals surface area (Å²) in [5, 5.41) is 8.79. The van der Waals surface area contributed by atoms with E-state index < -0.39 is 0 Å². The number of fused-ring (bicyclic) bond motifs is 1. The van der Waals surface area contributed by atoms with Gasteiger partial charge in [0.25, 0.3) is 0 Å². The molecule has 0 aliphatic carbocycles. The molecule has 0 bridgehead atoms. The van der Waals surface area contributed by atoms with E-state index in [0.717, 1.165) is 17.7 Å². The van der Waals surface area contributed by atoms with Gasteiger partial charge in [-0.15, -0.1) is 0 Å². The van der Waals surface area contributed by atoms with Crippen LogP contribution in [0.3, 0.4) is 0 Å². The number of benzene rings is 1. The smallest absolute Gasteiger partial charge is 0.168 e. The molecule has 0 amide bonds. The minimum Gasteiger partial charge on any atom is -0.496 e. The van der Waals surface area contributed by atoms with Crippen molar-refractivity contribution in [2.45, 2.75) is 32.8 Å². The standard InChI is InChI=1S/C15H17NO3/c1-9(8-16)4-13(17)12-7-14-11(5-10(2)19-14)6-15(12)18-3/h6-7,9-10H,4-5H2,1-3H3. The third-order valence-electron chi connectivity index (χ3n) is 3.23. The van der Waals surface area contributed by atoms with Gasteiger partial charge in [0.15, 0.2) is 5.78 Å². The van der Waals surface area contributed by atoms with Crippen LogP contribution in [0.1, 0.15) is 36.2 Å². The number of rotatable bonds is 4. The molecule has 0 N–H and O–H groups in total. The average Bonchev–Trinajstić information content (AvgIpc) is 2.75. The molecule has 2 rings (SSSR count). The highest BCUT2D eigenvalue weighted by molar-refractivity contribution is 5.99. The average molecular weight is 259 g/mol. The molecule has 4 heteroatoms. The first-order valence-electron chi connectivity index (χ1n) is 6.35. The zero-order valence-electron chi connectivity index (χ0n) is 11.4. The Morgan fingerprint density at radius 2 is 2.37 bits per heavy atom. The molecule has 4 nitrogen and oxygen atoms in total.